The second-order valence-corrected chi connectivity index (χ2v) is 3.13. The maximum Gasteiger partial charge on any atom is 0.0701 e. The highest BCUT2D eigenvalue weighted by molar-refractivity contribution is 4.38. The van der Waals surface area contributed by atoms with Crippen LogP contribution in [0.5, 0.6) is 0 Å². The summed E-state index contributed by atoms with van der Waals surface area (Å²) in [6, 6.07) is 0. The van der Waals surface area contributed by atoms with E-state index in [1.54, 1.807) is 0 Å². The maximum atomic E-state index is 8.24. The third-order valence-electron chi connectivity index (χ3n) is 1.45. The Bertz CT molecular complexity index is 68.3. The molecule has 0 amide bonds. The van der Waals surface area contributed by atoms with Gasteiger partial charge in [0, 0.05) is 6.61 Å². The van der Waals surface area contributed by atoms with Crippen LogP contribution in [0.4, 0.5) is 0 Å². The van der Waals surface area contributed by atoms with Gasteiger partial charge in [0.05, 0.1) is 26.4 Å². The highest BCUT2D eigenvalue weighted by Crippen LogP contribution is 1.94. The molecule has 74 valence electrons. The average molecular weight is 176 g/mol. The van der Waals surface area contributed by atoms with E-state index in [1.165, 1.54) is 0 Å². The largest absolute Gasteiger partial charge is 0.396 e. The summed E-state index contributed by atoms with van der Waals surface area (Å²) in [4.78, 5) is 0. The number of aliphatic hydroxyl groups excluding tert-OH is 1. The molecule has 0 atom stereocenters. The first-order valence-electron chi connectivity index (χ1n) is 4.53. The van der Waals surface area contributed by atoms with E-state index in [1.807, 2.05) is 0 Å². The van der Waals surface area contributed by atoms with Crippen molar-refractivity contribution >= 4 is 0 Å². The van der Waals surface area contributed by atoms with E-state index in [0.29, 0.717) is 12.5 Å². The van der Waals surface area contributed by atoms with E-state index in [0.717, 1.165) is 32.8 Å². The molecule has 1 N–H and O–H groups in total. The lowest BCUT2D eigenvalue weighted by Gasteiger charge is -2.09. The zero-order valence-electron chi connectivity index (χ0n) is 8.08. The molecule has 0 radical (unpaired) electrons. The lowest BCUT2D eigenvalue weighted by molar-refractivity contribution is -0.0334. The van der Waals surface area contributed by atoms with Gasteiger partial charge in [-0.1, -0.05) is 13.8 Å². The van der Waals surface area contributed by atoms with Crippen molar-refractivity contribution < 1.29 is 14.6 Å². The molecule has 3 nitrogen and oxygen atoms in total. The van der Waals surface area contributed by atoms with Gasteiger partial charge in [-0.25, -0.2) is 0 Å². The third-order valence-corrected chi connectivity index (χ3v) is 1.45. The van der Waals surface area contributed by atoms with Crippen LogP contribution in [0.2, 0.25) is 0 Å². The molecule has 1 rings (SSSR count). The zero-order valence-corrected chi connectivity index (χ0v) is 8.08. The second kappa shape index (κ2) is 8.97. The van der Waals surface area contributed by atoms with Crippen LogP contribution in [0.15, 0.2) is 0 Å². The summed E-state index contributed by atoms with van der Waals surface area (Å²) < 4.78 is 9.89. The molecule has 1 aliphatic heterocycles. The Labute approximate surface area is 74.7 Å². The standard InChI is InChI=1S/C5H12O.C4H8O2/c1-5(2)3-4-6;1-2-6-4-3-5-1/h5-6H,3-4H2,1-2H3;1-4H2. The molecule has 0 bridgehead atoms. The molecule has 1 aliphatic rings. The monoisotopic (exact) mass is 176 g/mol. The first-order chi connectivity index (χ1) is 5.77. The van der Waals surface area contributed by atoms with Crippen molar-refractivity contribution in [3.05, 3.63) is 0 Å². The van der Waals surface area contributed by atoms with Gasteiger partial charge >= 0.3 is 0 Å². The minimum absolute atomic E-state index is 0.331. The van der Waals surface area contributed by atoms with E-state index in [2.05, 4.69) is 13.8 Å². The fourth-order valence-corrected chi connectivity index (χ4v) is 0.698. The predicted octanol–water partition coefficient (Wildman–Crippen LogP) is 1.06. The number of aliphatic hydroxyl groups is 1. The van der Waals surface area contributed by atoms with Gasteiger partial charge in [0.15, 0.2) is 0 Å². The van der Waals surface area contributed by atoms with Gasteiger partial charge < -0.3 is 14.6 Å². The first kappa shape index (κ1) is 11.9. The molecule has 0 spiro atoms. The van der Waals surface area contributed by atoms with E-state index in [4.69, 9.17) is 14.6 Å². The smallest absolute Gasteiger partial charge is 0.0701 e. The van der Waals surface area contributed by atoms with E-state index >= 15 is 0 Å². The fourth-order valence-electron chi connectivity index (χ4n) is 0.698. The average Bonchev–Trinajstić information content (AvgIpc) is 2.08. The van der Waals surface area contributed by atoms with Crippen molar-refractivity contribution in [3.63, 3.8) is 0 Å². The van der Waals surface area contributed by atoms with Crippen molar-refractivity contribution in [2.45, 2.75) is 20.3 Å². The zero-order chi connectivity index (χ0) is 9.23. The van der Waals surface area contributed by atoms with Crippen LogP contribution in [-0.4, -0.2) is 38.1 Å². The Morgan fingerprint density at radius 3 is 1.58 bits per heavy atom. The maximum absolute atomic E-state index is 8.24. The van der Waals surface area contributed by atoms with Crippen LogP contribution in [0.25, 0.3) is 0 Å². The highest BCUT2D eigenvalue weighted by Gasteiger charge is 1.94. The quantitative estimate of drug-likeness (QED) is 0.683. The lowest BCUT2D eigenvalue weighted by Crippen LogP contribution is -2.16. The highest BCUT2D eigenvalue weighted by atomic mass is 16.6. The Morgan fingerprint density at radius 2 is 1.50 bits per heavy atom. The van der Waals surface area contributed by atoms with E-state index in [-0.39, 0.29) is 0 Å². The van der Waals surface area contributed by atoms with Crippen molar-refractivity contribution in [2.24, 2.45) is 5.92 Å². The predicted molar refractivity (Wildman–Crippen MR) is 48.2 cm³/mol. The molecule has 0 unspecified atom stereocenters. The van der Waals surface area contributed by atoms with Crippen LogP contribution in [0, 0.1) is 5.92 Å². The molecule has 3 heteroatoms. The third kappa shape index (κ3) is 9.88. The van der Waals surface area contributed by atoms with Gasteiger partial charge in [-0.05, 0) is 12.3 Å². The minimum atomic E-state index is 0.331. The summed E-state index contributed by atoms with van der Waals surface area (Å²) >= 11 is 0. The molecule has 0 aromatic heterocycles. The normalized spacial score (nSPS) is 17.0. The van der Waals surface area contributed by atoms with E-state index in [9.17, 15) is 0 Å². The van der Waals surface area contributed by atoms with Crippen LogP contribution in [0.3, 0.4) is 0 Å². The summed E-state index contributed by atoms with van der Waals surface area (Å²) in [6.07, 6.45) is 0.931. The number of hydrogen-bond donors (Lipinski definition) is 1. The summed E-state index contributed by atoms with van der Waals surface area (Å²) in [5, 5.41) is 8.24. The molecule has 0 aliphatic carbocycles. The second-order valence-electron chi connectivity index (χ2n) is 3.13. The molecule has 1 heterocycles. The van der Waals surface area contributed by atoms with Crippen LogP contribution in [-0.2, 0) is 9.47 Å². The van der Waals surface area contributed by atoms with Gasteiger partial charge in [0.25, 0.3) is 0 Å². The van der Waals surface area contributed by atoms with Crippen LogP contribution < -0.4 is 0 Å². The summed E-state index contributed by atoms with van der Waals surface area (Å²) in [6.45, 7) is 7.63. The van der Waals surface area contributed by atoms with Gasteiger partial charge in [0.1, 0.15) is 0 Å². The number of rotatable bonds is 2. The summed E-state index contributed by atoms with van der Waals surface area (Å²) in [5.74, 6) is 0.648. The molecule has 1 saturated heterocycles. The Morgan fingerprint density at radius 1 is 1.08 bits per heavy atom. The lowest BCUT2D eigenvalue weighted by atomic mass is 10.2. The first-order valence-corrected chi connectivity index (χ1v) is 4.53. The number of hydrogen-bond acceptors (Lipinski definition) is 3. The Kier molecular flexibility index (Phi) is 8.88. The SMILES string of the molecule is C1COCCO1.CC(C)CCO. The van der Waals surface area contributed by atoms with Crippen LogP contribution in [0.1, 0.15) is 20.3 Å². The van der Waals surface area contributed by atoms with Gasteiger partial charge in [0.2, 0.25) is 0 Å². The van der Waals surface area contributed by atoms with E-state index < -0.39 is 0 Å². The topological polar surface area (TPSA) is 38.7 Å². The van der Waals surface area contributed by atoms with Crippen molar-refractivity contribution in [1.29, 1.82) is 0 Å². The Hall–Kier alpha value is -0.120. The fraction of sp³-hybridized carbons (Fsp3) is 1.00. The molecule has 1 fully saturated rings. The van der Waals surface area contributed by atoms with Crippen molar-refractivity contribution in [1.82, 2.24) is 0 Å². The van der Waals surface area contributed by atoms with Crippen molar-refractivity contribution in [2.75, 3.05) is 33.0 Å². The molecular weight excluding hydrogens is 156 g/mol. The summed E-state index contributed by atoms with van der Waals surface area (Å²) in [5.41, 5.74) is 0. The molecule has 0 aromatic carbocycles. The Balaban J connectivity index is 0.000000202. The van der Waals surface area contributed by atoms with Crippen LogP contribution >= 0.6 is 0 Å². The van der Waals surface area contributed by atoms with Gasteiger partial charge in [-0.2, -0.15) is 0 Å². The molecular formula is C9H20O3. The van der Waals surface area contributed by atoms with Gasteiger partial charge in [-0.15, -0.1) is 0 Å². The molecule has 0 aromatic rings. The van der Waals surface area contributed by atoms with Gasteiger partial charge in [-0.3, -0.25) is 0 Å². The van der Waals surface area contributed by atoms with Crippen molar-refractivity contribution in [3.8, 4) is 0 Å². The molecule has 12 heavy (non-hydrogen) atoms. The summed E-state index contributed by atoms with van der Waals surface area (Å²) in [7, 11) is 0. The minimum Gasteiger partial charge on any atom is -0.396 e. The molecule has 0 saturated carbocycles. The number of ether oxygens (including phenoxy) is 2.